The molecule has 7 heteroatoms. The molecule has 0 aliphatic carbocycles. The van der Waals surface area contributed by atoms with Gasteiger partial charge in [-0.25, -0.2) is 0 Å². The van der Waals surface area contributed by atoms with Crippen molar-refractivity contribution in [3.63, 3.8) is 0 Å². The van der Waals surface area contributed by atoms with Gasteiger partial charge in [0.1, 0.15) is 11.5 Å². The maximum Gasteiger partial charge on any atom is 0.276 e. The number of carbonyl (C=O) groups is 2. The molecule has 132 valence electrons. The molecule has 0 radical (unpaired) electrons. The van der Waals surface area contributed by atoms with Crippen molar-refractivity contribution in [3.8, 4) is 11.5 Å². The van der Waals surface area contributed by atoms with Crippen LogP contribution in [0.25, 0.3) is 0 Å². The molecule has 0 unspecified atom stereocenters. The van der Waals surface area contributed by atoms with Crippen molar-refractivity contribution in [3.05, 3.63) is 58.1 Å². The fourth-order valence-corrected chi connectivity index (χ4v) is 2.10. The normalized spacial score (nSPS) is 10.0. The smallest absolute Gasteiger partial charge is 0.276 e. The van der Waals surface area contributed by atoms with Gasteiger partial charge in [0.05, 0.1) is 0 Å². The van der Waals surface area contributed by atoms with E-state index in [1.807, 2.05) is 38.1 Å². The molecule has 0 spiro atoms. The van der Waals surface area contributed by atoms with Gasteiger partial charge >= 0.3 is 0 Å². The predicted octanol–water partition coefficient (Wildman–Crippen LogP) is 2.67. The van der Waals surface area contributed by atoms with Crippen LogP contribution < -0.4 is 20.3 Å². The fraction of sp³-hybridized carbons (Fsp3) is 0.222. The first kappa shape index (κ1) is 18.8. The number of amides is 2. The molecule has 0 heterocycles. The first-order valence-corrected chi connectivity index (χ1v) is 8.39. The Morgan fingerprint density at radius 1 is 0.880 bits per heavy atom. The Bertz CT molecular complexity index is 747. The number of hydrogen-bond donors (Lipinski definition) is 2. The standard InChI is InChI=1S/C18H19BrN2O4/c1-12-3-5-14(6-4-12)24-10-17(22)20-21-18(23)11-25-15-7-8-16(19)13(2)9-15/h3-9H,10-11H2,1-2H3,(H,20,22)(H,21,23). The minimum absolute atomic E-state index is 0.198. The van der Waals surface area contributed by atoms with Gasteiger partial charge in [-0.1, -0.05) is 33.6 Å². The maximum atomic E-state index is 11.7. The van der Waals surface area contributed by atoms with E-state index in [9.17, 15) is 9.59 Å². The van der Waals surface area contributed by atoms with E-state index in [1.54, 1.807) is 18.2 Å². The maximum absolute atomic E-state index is 11.7. The highest BCUT2D eigenvalue weighted by atomic mass is 79.9. The van der Waals surface area contributed by atoms with E-state index in [2.05, 4.69) is 26.8 Å². The highest BCUT2D eigenvalue weighted by Gasteiger charge is 2.07. The predicted molar refractivity (Wildman–Crippen MR) is 97.3 cm³/mol. The molecule has 2 aromatic carbocycles. The number of nitrogens with one attached hydrogen (secondary N) is 2. The molecule has 0 aliphatic heterocycles. The van der Waals surface area contributed by atoms with Gasteiger partial charge in [-0.05, 0) is 49.7 Å². The largest absolute Gasteiger partial charge is 0.484 e. The van der Waals surface area contributed by atoms with E-state index in [0.717, 1.165) is 15.6 Å². The van der Waals surface area contributed by atoms with Gasteiger partial charge in [0.15, 0.2) is 13.2 Å². The van der Waals surface area contributed by atoms with Gasteiger partial charge in [-0.2, -0.15) is 0 Å². The third-order valence-electron chi connectivity index (χ3n) is 3.23. The Morgan fingerprint density at radius 3 is 1.96 bits per heavy atom. The number of rotatable bonds is 6. The minimum Gasteiger partial charge on any atom is -0.484 e. The zero-order chi connectivity index (χ0) is 18.2. The Hall–Kier alpha value is -2.54. The third kappa shape index (κ3) is 6.46. The van der Waals surface area contributed by atoms with Gasteiger partial charge in [0, 0.05) is 4.47 Å². The van der Waals surface area contributed by atoms with Gasteiger partial charge in [-0.3, -0.25) is 20.4 Å². The van der Waals surface area contributed by atoms with Crippen LogP contribution in [0.15, 0.2) is 46.9 Å². The quantitative estimate of drug-likeness (QED) is 0.722. The van der Waals surface area contributed by atoms with Crippen molar-refractivity contribution in [2.24, 2.45) is 0 Å². The molecule has 0 atom stereocenters. The molecule has 0 fully saturated rings. The van der Waals surface area contributed by atoms with Crippen LogP contribution in [0.2, 0.25) is 0 Å². The zero-order valence-corrected chi connectivity index (χ0v) is 15.6. The van der Waals surface area contributed by atoms with Crippen molar-refractivity contribution in [1.82, 2.24) is 10.9 Å². The Balaban J connectivity index is 1.67. The molecular formula is C18H19BrN2O4. The highest BCUT2D eigenvalue weighted by Crippen LogP contribution is 2.21. The second kappa shape index (κ2) is 9.08. The summed E-state index contributed by atoms with van der Waals surface area (Å²) < 4.78 is 11.6. The number of hydrogen-bond acceptors (Lipinski definition) is 4. The zero-order valence-electron chi connectivity index (χ0n) is 14.0. The van der Waals surface area contributed by atoms with Crippen LogP contribution in [0.4, 0.5) is 0 Å². The average Bonchev–Trinajstić information content (AvgIpc) is 2.60. The summed E-state index contributed by atoms with van der Waals surface area (Å²) in [5.74, 6) is 0.226. The van der Waals surface area contributed by atoms with Crippen LogP contribution >= 0.6 is 15.9 Å². The van der Waals surface area contributed by atoms with Crippen LogP contribution in [0, 0.1) is 13.8 Å². The summed E-state index contributed by atoms with van der Waals surface area (Å²) in [6.07, 6.45) is 0. The molecule has 0 bridgehead atoms. The van der Waals surface area contributed by atoms with Gasteiger partial charge in [0.2, 0.25) is 0 Å². The summed E-state index contributed by atoms with van der Waals surface area (Å²) in [6.45, 7) is 3.48. The van der Waals surface area contributed by atoms with Crippen molar-refractivity contribution < 1.29 is 19.1 Å². The topological polar surface area (TPSA) is 76.7 Å². The summed E-state index contributed by atoms with van der Waals surface area (Å²) in [7, 11) is 0. The first-order valence-electron chi connectivity index (χ1n) is 7.60. The summed E-state index contributed by atoms with van der Waals surface area (Å²) in [4.78, 5) is 23.3. The van der Waals surface area contributed by atoms with Gasteiger partial charge in [0.25, 0.3) is 11.8 Å². The number of aryl methyl sites for hydroxylation is 2. The minimum atomic E-state index is -0.468. The molecule has 0 saturated heterocycles. The van der Waals surface area contributed by atoms with E-state index in [4.69, 9.17) is 9.47 Å². The Morgan fingerprint density at radius 2 is 1.40 bits per heavy atom. The summed E-state index contributed by atoms with van der Waals surface area (Å²) >= 11 is 3.39. The van der Waals surface area contributed by atoms with E-state index in [1.165, 1.54) is 0 Å². The lowest BCUT2D eigenvalue weighted by atomic mass is 10.2. The Labute approximate surface area is 154 Å². The fourth-order valence-electron chi connectivity index (χ4n) is 1.85. The lowest BCUT2D eigenvalue weighted by Crippen LogP contribution is -2.45. The monoisotopic (exact) mass is 406 g/mol. The summed E-state index contributed by atoms with van der Waals surface area (Å²) in [5.41, 5.74) is 6.64. The lowest BCUT2D eigenvalue weighted by Gasteiger charge is -2.10. The van der Waals surface area contributed by atoms with Crippen LogP contribution in [0.1, 0.15) is 11.1 Å². The van der Waals surface area contributed by atoms with E-state index in [0.29, 0.717) is 11.5 Å². The third-order valence-corrected chi connectivity index (χ3v) is 4.12. The number of ether oxygens (including phenoxy) is 2. The second-order valence-corrected chi connectivity index (χ2v) is 6.25. The van der Waals surface area contributed by atoms with Crippen LogP contribution in [0.3, 0.4) is 0 Å². The number of halogens is 1. The molecule has 0 saturated carbocycles. The summed E-state index contributed by atoms with van der Waals surface area (Å²) in [6, 6.07) is 12.7. The van der Waals surface area contributed by atoms with Gasteiger partial charge < -0.3 is 9.47 Å². The van der Waals surface area contributed by atoms with Crippen molar-refractivity contribution >= 4 is 27.7 Å². The molecule has 6 nitrogen and oxygen atoms in total. The second-order valence-electron chi connectivity index (χ2n) is 5.40. The molecule has 0 aliphatic rings. The highest BCUT2D eigenvalue weighted by molar-refractivity contribution is 9.10. The molecule has 0 aromatic heterocycles. The Kier molecular flexibility index (Phi) is 6.82. The van der Waals surface area contributed by atoms with E-state index >= 15 is 0 Å². The van der Waals surface area contributed by atoms with Crippen LogP contribution in [-0.4, -0.2) is 25.0 Å². The number of carbonyl (C=O) groups excluding carboxylic acids is 2. The molecule has 2 rings (SSSR count). The van der Waals surface area contributed by atoms with Crippen LogP contribution in [-0.2, 0) is 9.59 Å². The van der Waals surface area contributed by atoms with Crippen molar-refractivity contribution in [1.29, 1.82) is 0 Å². The SMILES string of the molecule is Cc1ccc(OCC(=O)NNC(=O)COc2ccc(Br)c(C)c2)cc1. The summed E-state index contributed by atoms with van der Waals surface area (Å²) in [5, 5.41) is 0. The van der Waals surface area contributed by atoms with Crippen LogP contribution in [0.5, 0.6) is 11.5 Å². The van der Waals surface area contributed by atoms with E-state index in [-0.39, 0.29) is 13.2 Å². The molecular weight excluding hydrogens is 388 g/mol. The average molecular weight is 407 g/mol. The molecule has 2 aromatic rings. The molecule has 2 N–H and O–H groups in total. The lowest BCUT2D eigenvalue weighted by molar-refractivity contribution is -0.131. The van der Waals surface area contributed by atoms with Gasteiger partial charge in [-0.15, -0.1) is 0 Å². The number of benzene rings is 2. The van der Waals surface area contributed by atoms with Crippen molar-refractivity contribution in [2.45, 2.75) is 13.8 Å². The van der Waals surface area contributed by atoms with E-state index < -0.39 is 11.8 Å². The number of hydrazine groups is 1. The van der Waals surface area contributed by atoms with Crippen molar-refractivity contribution in [2.75, 3.05) is 13.2 Å². The molecule has 25 heavy (non-hydrogen) atoms. The molecule has 2 amide bonds. The first-order chi connectivity index (χ1) is 11.9.